The number of halogens is 1. The van der Waals surface area contributed by atoms with Gasteiger partial charge in [-0.05, 0) is 25.0 Å². The lowest BCUT2D eigenvalue weighted by molar-refractivity contribution is 0.582. The van der Waals surface area contributed by atoms with E-state index in [1.807, 2.05) is 22.9 Å². The van der Waals surface area contributed by atoms with Crippen LogP contribution in [0.5, 0.6) is 0 Å². The van der Waals surface area contributed by atoms with Gasteiger partial charge in [0.1, 0.15) is 11.8 Å². The second kappa shape index (κ2) is 6.50. The number of nitrogens with zero attached hydrogens (tertiary/aromatic N) is 2. The van der Waals surface area contributed by atoms with Crippen LogP contribution in [-0.2, 0) is 6.54 Å². The van der Waals surface area contributed by atoms with E-state index in [4.69, 9.17) is 16.9 Å². The lowest BCUT2D eigenvalue weighted by Gasteiger charge is -2.03. The zero-order valence-electron chi connectivity index (χ0n) is 8.25. The van der Waals surface area contributed by atoms with Gasteiger partial charge in [0.25, 0.3) is 0 Å². The van der Waals surface area contributed by atoms with Crippen LogP contribution in [0.4, 0.5) is 0 Å². The van der Waals surface area contributed by atoms with Gasteiger partial charge in [-0.25, -0.2) is 0 Å². The summed E-state index contributed by atoms with van der Waals surface area (Å²) in [6.07, 6.45) is 6.56. The van der Waals surface area contributed by atoms with Crippen LogP contribution in [0.25, 0.3) is 0 Å². The molecule has 0 amide bonds. The molecule has 1 heterocycles. The molecule has 0 aromatic carbocycles. The standard InChI is InChI=1S/C11H15ClN2/c12-7-3-1-2-4-8-14-9-5-6-11(14)10-13/h5-6,9H,1-4,7-8H2. The number of aryl methyl sites for hydroxylation is 1. The molecule has 0 bridgehead atoms. The predicted molar refractivity (Wildman–Crippen MR) is 58.3 cm³/mol. The average Bonchev–Trinajstić information content (AvgIpc) is 2.65. The van der Waals surface area contributed by atoms with E-state index in [0.717, 1.165) is 31.0 Å². The molecular weight excluding hydrogens is 196 g/mol. The van der Waals surface area contributed by atoms with Crippen molar-refractivity contribution in [2.75, 3.05) is 5.88 Å². The van der Waals surface area contributed by atoms with Crippen molar-refractivity contribution in [2.24, 2.45) is 0 Å². The predicted octanol–water partition coefficient (Wildman–Crippen LogP) is 3.16. The van der Waals surface area contributed by atoms with Crippen LogP contribution in [0.1, 0.15) is 31.4 Å². The van der Waals surface area contributed by atoms with E-state index >= 15 is 0 Å². The Bertz CT molecular complexity index is 298. The Hall–Kier alpha value is -0.940. The summed E-state index contributed by atoms with van der Waals surface area (Å²) in [6, 6.07) is 5.93. The van der Waals surface area contributed by atoms with Gasteiger partial charge < -0.3 is 4.57 Å². The molecule has 0 saturated heterocycles. The summed E-state index contributed by atoms with van der Waals surface area (Å²) in [5.74, 6) is 0.757. The fourth-order valence-electron chi connectivity index (χ4n) is 1.44. The third kappa shape index (κ3) is 3.43. The van der Waals surface area contributed by atoms with Crippen molar-refractivity contribution in [2.45, 2.75) is 32.2 Å². The molecule has 0 atom stereocenters. The lowest BCUT2D eigenvalue weighted by Crippen LogP contribution is -1.98. The zero-order chi connectivity index (χ0) is 10.2. The summed E-state index contributed by atoms with van der Waals surface area (Å²) in [4.78, 5) is 0. The molecule has 2 nitrogen and oxygen atoms in total. The van der Waals surface area contributed by atoms with Crippen LogP contribution in [0.2, 0.25) is 0 Å². The van der Waals surface area contributed by atoms with Crippen molar-refractivity contribution in [3.63, 3.8) is 0 Å². The van der Waals surface area contributed by atoms with Gasteiger partial charge >= 0.3 is 0 Å². The molecule has 3 heteroatoms. The largest absolute Gasteiger partial charge is 0.339 e. The van der Waals surface area contributed by atoms with Crippen LogP contribution in [0.3, 0.4) is 0 Å². The summed E-state index contributed by atoms with van der Waals surface area (Å²) >= 11 is 5.58. The molecule has 0 spiro atoms. The third-order valence-electron chi connectivity index (χ3n) is 2.23. The molecule has 0 aliphatic rings. The number of nitriles is 1. The van der Waals surface area contributed by atoms with Crippen LogP contribution < -0.4 is 0 Å². The topological polar surface area (TPSA) is 28.7 Å². The smallest absolute Gasteiger partial charge is 0.120 e. The summed E-state index contributed by atoms with van der Waals surface area (Å²) in [5, 5.41) is 8.76. The molecule has 0 unspecified atom stereocenters. The molecule has 0 aliphatic carbocycles. The first-order chi connectivity index (χ1) is 6.88. The molecule has 1 rings (SSSR count). The van der Waals surface area contributed by atoms with E-state index in [-0.39, 0.29) is 0 Å². The fraction of sp³-hybridized carbons (Fsp3) is 0.545. The monoisotopic (exact) mass is 210 g/mol. The summed E-state index contributed by atoms with van der Waals surface area (Å²) in [5.41, 5.74) is 0.752. The highest BCUT2D eigenvalue weighted by molar-refractivity contribution is 6.17. The molecule has 0 aliphatic heterocycles. The molecule has 1 aromatic rings. The van der Waals surface area contributed by atoms with Crippen molar-refractivity contribution in [1.82, 2.24) is 4.57 Å². The Labute approximate surface area is 90.1 Å². The third-order valence-corrected chi connectivity index (χ3v) is 2.49. The fourth-order valence-corrected chi connectivity index (χ4v) is 1.63. The highest BCUT2D eigenvalue weighted by Crippen LogP contribution is 2.06. The van der Waals surface area contributed by atoms with Gasteiger partial charge in [-0.3, -0.25) is 0 Å². The van der Waals surface area contributed by atoms with Crippen molar-refractivity contribution >= 4 is 11.6 Å². The second-order valence-corrected chi connectivity index (χ2v) is 3.68. The Morgan fingerprint density at radius 1 is 1.29 bits per heavy atom. The Morgan fingerprint density at radius 2 is 2.07 bits per heavy atom. The molecular formula is C11H15ClN2. The van der Waals surface area contributed by atoms with Gasteiger partial charge in [-0.1, -0.05) is 12.8 Å². The minimum absolute atomic E-state index is 0.752. The SMILES string of the molecule is N#Cc1cccn1CCCCCCCl. The first-order valence-electron chi connectivity index (χ1n) is 4.99. The Kier molecular flexibility index (Phi) is 5.17. The number of alkyl halides is 1. The minimum Gasteiger partial charge on any atom is -0.339 e. The maximum absolute atomic E-state index is 8.76. The minimum atomic E-state index is 0.752. The van der Waals surface area contributed by atoms with E-state index in [9.17, 15) is 0 Å². The zero-order valence-corrected chi connectivity index (χ0v) is 9.00. The maximum Gasteiger partial charge on any atom is 0.120 e. The first kappa shape index (κ1) is 11.1. The van der Waals surface area contributed by atoms with Crippen molar-refractivity contribution in [1.29, 1.82) is 5.26 Å². The van der Waals surface area contributed by atoms with E-state index in [0.29, 0.717) is 0 Å². The van der Waals surface area contributed by atoms with E-state index < -0.39 is 0 Å². The second-order valence-electron chi connectivity index (χ2n) is 3.30. The van der Waals surface area contributed by atoms with E-state index in [1.54, 1.807) is 0 Å². The highest BCUT2D eigenvalue weighted by atomic mass is 35.5. The molecule has 0 radical (unpaired) electrons. The molecule has 1 aromatic heterocycles. The van der Waals surface area contributed by atoms with Gasteiger partial charge in [-0.2, -0.15) is 5.26 Å². The summed E-state index contributed by atoms with van der Waals surface area (Å²) in [7, 11) is 0. The van der Waals surface area contributed by atoms with Gasteiger partial charge in [0.2, 0.25) is 0 Å². The summed E-state index contributed by atoms with van der Waals surface area (Å²) < 4.78 is 2.00. The van der Waals surface area contributed by atoms with E-state index in [1.165, 1.54) is 12.8 Å². The average molecular weight is 211 g/mol. The number of aromatic nitrogens is 1. The number of unbranched alkanes of at least 4 members (excludes halogenated alkanes) is 3. The Morgan fingerprint density at radius 3 is 2.79 bits per heavy atom. The number of hydrogen-bond acceptors (Lipinski definition) is 1. The normalized spacial score (nSPS) is 10.0. The van der Waals surface area contributed by atoms with Crippen molar-refractivity contribution in [3.8, 4) is 6.07 Å². The summed E-state index contributed by atoms with van der Waals surface area (Å²) in [6.45, 7) is 0.943. The molecule has 0 fully saturated rings. The van der Waals surface area contributed by atoms with Crippen molar-refractivity contribution in [3.05, 3.63) is 24.0 Å². The number of rotatable bonds is 6. The molecule has 14 heavy (non-hydrogen) atoms. The van der Waals surface area contributed by atoms with Gasteiger partial charge in [-0.15, -0.1) is 11.6 Å². The van der Waals surface area contributed by atoms with Crippen LogP contribution >= 0.6 is 11.6 Å². The van der Waals surface area contributed by atoms with E-state index in [2.05, 4.69) is 6.07 Å². The quantitative estimate of drug-likeness (QED) is 0.524. The number of hydrogen-bond donors (Lipinski definition) is 0. The lowest BCUT2D eigenvalue weighted by atomic mass is 10.2. The first-order valence-corrected chi connectivity index (χ1v) is 5.53. The molecule has 76 valence electrons. The maximum atomic E-state index is 8.76. The van der Waals surface area contributed by atoms with Crippen molar-refractivity contribution < 1.29 is 0 Å². The van der Waals surface area contributed by atoms with Crippen LogP contribution in [0.15, 0.2) is 18.3 Å². The van der Waals surface area contributed by atoms with Gasteiger partial charge in [0.05, 0.1) is 0 Å². The molecule has 0 saturated carbocycles. The Balaban J connectivity index is 2.22. The highest BCUT2D eigenvalue weighted by Gasteiger charge is 1.97. The molecule has 0 N–H and O–H groups in total. The van der Waals surface area contributed by atoms with Crippen LogP contribution in [0, 0.1) is 11.3 Å². The van der Waals surface area contributed by atoms with Gasteiger partial charge in [0.15, 0.2) is 0 Å². The van der Waals surface area contributed by atoms with Gasteiger partial charge in [0, 0.05) is 18.6 Å². The van der Waals surface area contributed by atoms with Crippen LogP contribution in [-0.4, -0.2) is 10.4 Å².